The minimum atomic E-state index is -0.497. The summed E-state index contributed by atoms with van der Waals surface area (Å²) in [5.41, 5.74) is -0.497. The van der Waals surface area contributed by atoms with Crippen LogP contribution in [0.15, 0.2) is 0 Å². The Hall–Kier alpha value is -1.14. The zero-order valence-corrected chi connectivity index (χ0v) is 16.4. The number of carbonyl (C=O) groups excluding carboxylic acids is 2. The Bertz CT molecular complexity index is 370. The second kappa shape index (κ2) is 9.88. The van der Waals surface area contributed by atoms with E-state index in [1.54, 1.807) is 7.05 Å². The molecule has 0 aromatic rings. The van der Waals surface area contributed by atoms with Gasteiger partial charge in [-0.1, -0.05) is 0 Å². The number of ether oxygens (including phenoxy) is 2. The van der Waals surface area contributed by atoms with Crippen LogP contribution < -0.4 is 5.32 Å². The van der Waals surface area contributed by atoms with Crippen molar-refractivity contribution < 1.29 is 23.5 Å². The van der Waals surface area contributed by atoms with Crippen LogP contribution in [0.4, 0.5) is 0 Å². The number of rotatable bonds is 8. The maximum absolute atomic E-state index is 12.1. The van der Waals surface area contributed by atoms with Crippen LogP contribution in [0, 0.1) is 13.3 Å². The van der Waals surface area contributed by atoms with Gasteiger partial charge in [-0.25, -0.2) is 0 Å². The summed E-state index contributed by atoms with van der Waals surface area (Å²) >= 11 is 0. The van der Waals surface area contributed by atoms with Crippen LogP contribution in [0.3, 0.4) is 0 Å². The summed E-state index contributed by atoms with van der Waals surface area (Å²) in [6.07, 6.45) is 0.833. The maximum atomic E-state index is 12.1. The molecule has 23 heavy (non-hydrogen) atoms. The first kappa shape index (κ1) is 24.1. The highest BCUT2D eigenvalue weighted by Crippen LogP contribution is 2.19. The van der Waals surface area contributed by atoms with Crippen molar-refractivity contribution in [2.75, 3.05) is 41.8 Å². The van der Waals surface area contributed by atoms with Gasteiger partial charge in [0.1, 0.15) is 11.6 Å². The highest BCUT2D eigenvalue weighted by molar-refractivity contribution is 5.76. The number of hydrogen-bond acceptors (Lipinski definition) is 5. The fourth-order valence-electron chi connectivity index (χ4n) is 2.42. The van der Waals surface area contributed by atoms with Gasteiger partial charge in [0.25, 0.3) is 0 Å². The Morgan fingerprint density at radius 2 is 1.70 bits per heavy atom. The van der Waals surface area contributed by atoms with Crippen molar-refractivity contribution in [3.05, 3.63) is 7.43 Å². The minimum absolute atomic E-state index is 0. The molecule has 0 amide bonds. The molecule has 6 nitrogen and oxygen atoms in total. The number of hydrogen-bond donors (Lipinski definition) is 1. The first-order valence-corrected chi connectivity index (χ1v) is 7.65. The second-order valence-corrected chi connectivity index (χ2v) is 7.73. The van der Waals surface area contributed by atoms with Crippen LogP contribution in [0.2, 0.25) is 0 Å². The lowest BCUT2D eigenvalue weighted by Crippen LogP contribution is -2.44. The number of carbonyl (C=O) groups is 2. The molecule has 0 spiro atoms. The lowest BCUT2D eigenvalue weighted by molar-refractivity contribution is -0.873. The van der Waals surface area contributed by atoms with E-state index >= 15 is 0 Å². The number of nitrogens with one attached hydrogen (secondary N) is 1. The maximum Gasteiger partial charge on any atom is 0.322 e. The molecule has 2 atom stereocenters. The van der Waals surface area contributed by atoms with E-state index in [0.29, 0.717) is 17.3 Å². The predicted molar refractivity (Wildman–Crippen MR) is 92.7 cm³/mol. The van der Waals surface area contributed by atoms with E-state index in [1.165, 1.54) is 7.11 Å². The second-order valence-electron chi connectivity index (χ2n) is 7.73. The van der Waals surface area contributed by atoms with E-state index in [-0.39, 0.29) is 25.3 Å². The molecule has 0 aromatic carbocycles. The van der Waals surface area contributed by atoms with Crippen molar-refractivity contribution in [1.82, 2.24) is 5.32 Å². The van der Waals surface area contributed by atoms with Crippen LogP contribution >= 0.6 is 0 Å². The van der Waals surface area contributed by atoms with Crippen LogP contribution in [0.5, 0.6) is 0 Å². The van der Waals surface area contributed by atoms with Gasteiger partial charge in [-0.05, 0) is 34.2 Å². The standard InChI is InChI=1S/C16H33N2O4.CH3/c1-16(2,3)22-14(19)10-12(11-18(5,6)7)9-13(17-4)15(20)21-8;/h12-13,17H,9-11H2,1-8H3;1H3/q+1;-1. The van der Waals surface area contributed by atoms with E-state index < -0.39 is 11.6 Å². The Kier molecular flexibility index (Phi) is 10.4. The number of methoxy groups -OCH3 is 1. The third-order valence-electron chi connectivity index (χ3n) is 3.08. The van der Waals surface area contributed by atoms with Crippen molar-refractivity contribution in [2.45, 2.75) is 45.3 Å². The van der Waals surface area contributed by atoms with Gasteiger partial charge in [-0.3, -0.25) is 9.59 Å². The molecule has 138 valence electrons. The third kappa shape index (κ3) is 12.0. The van der Waals surface area contributed by atoms with Gasteiger partial charge in [-0.15, -0.1) is 0 Å². The minimum Gasteiger partial charge on any atom is -0.468 e. The Labute approximate surface area is 142 Å². The van der Waals surface area contributed by atoms with E-state index in [2.05, 4.69) is 26.5 Å². The summed E-state index contributed by atoms with van der Waals surface area (Å²) in [5.74, 6) is -0.504. The van der Waals surface area contributed by atoms with Crippen LogP contribution in [-0.2, 0) is 19.1 Å². The van der Waals surface area contributed by atoms with Crippen LogP contribution in [-0.4, -0.2) is 69.9 Å². The first-order valence-electron chi connectivity index (χ1n) is 7.65. The van der Waals surface area contributed by atoms with E-state index in [4.69, 9.17) is 9.47 Å². The van der Waals surface area contributed by atoms with Crippen molar-refractivity contribution in [3.8, 4) is 0 Å². The Balaban J connectivity index is 0. The van der Waals surface area contributed by atoms with E-state index in [9.17, 15) is 9.59 Å². The summed E-state index contributed by atoms with van der Waals surface area (Å²) in [4.78, 5) is 23.9. The molecule has 0 fully saturated rings. The van der Waals surface area contributed by atoms with Crippen molar-refractivity contribution >= 4 is 11.9 Å². The first-order chi connectivity index (χ1) is 9.88. The number of quaternary nitrogens is 1. The van der Waals surface area contributed by atoms with Crippen LogP contribution in [0.1, 0.15) is 33.6 Å². The highest BCUT2D eigenvalue weighted by atomic mass is 16.6. The summed E-state index contributed by atoms with van der Waals surface area (Å²) in [5, 5.41) is 2.96. The zero-order chi connectivity index (χ0) is 17.6. The molecule has 0 heterocycles. The smallest absolute Gasteiger partial charge is 0.322 e. The van der Waals surface area contributed by atoms with Gasteiger partial charge in [0.05, 0.1) is 41.2 Å². The molecular weight excluding hydrogens is 296 g/mol. The fourth-order valence-corrected chi connectivity index (χ4v) is 2.42. The molecule has 0 saturated carbocycles. The summed E-state index contributed by atoms with van der Waals surface area (Å²) in [7, 11) is 9.28. The fraction of sp³-hybridized carbons (Fsp3) is 0.824. The van der Waals surface area contributed by atoms with E-state index in [0.717, 1.165) is 6.54 Å². The molecule has 0 aliphatic carbocycles. The molecule has 0 saturated heterocycles. The lowest BCUT2D eigenvalue weighted by atomic mass is 9.95. The summed E-state index contributed by atoms with van der Waals surface area (Å²) in [6.45, 7) is 6.33. The van der Waals surface area contributed by atoms with Gasteiger partial charge in [0.15, 0.2) is 0 Å². The predicted octanol–water partition coefficient (Wildman–Crippen LogP) is 1.64. The third-order valence-corrected chi connectivity index (χ3v) is 3.08. The molecule has 2 unspecified atom stereocenters. The van der Waals surface area contributed by atoms with E-state index in [1.807, 2.05) is 20.8 Å². The molecule has 0 aliphatic heterocycles. The monoisotopic (exact) mass is 332 g/mol. The summed E-state index contributed by atoms with van der Waals surface area (Å²) in [6, 6.07) is -0.413. The molecule has 1 N–H and O–H groups in total. The Morgan fingerprint density at radius 1 is 1.17 bits per heavy atom. The molecule has 0 aliphatic rings. The number of esters is 2. The summed E-state index contributed by atoms with van der Waals surface area (Å²) < 4.78 is 10.9. The largest absolute Gasteiger partial charge is 0.468 e. The molecule has 0 aromatic heterocycles. The topological polar surface area (TPSA) is 64.6 Å². The van der Waals surface area contributed by atoms with Gasteiger partial charge < -0.3 is 26.7 Å². The van der Waals surface area contributed by atoms with Gasteiger partial charge in [-0.2, -0.15) is 0 Å². The van der Waals surface area contributed by atoms with Gasteiger partial charge >= 0.3 is 11.9 Å². The lowest BCUT2D eigenvalue weighted by Gasteiger charge is -2.31. The molecule has 0 rings (SSSR count). The highest BCUT2D eigenvalue weighted by Gasteiger charge is 2.29. The quantitative estimate of drug-likeness (QED) is 0.416. The van der Waals surface area contributed by atoms with Crippen molar-refractivity contribution in [1.29, 1.82) is 0 Å². The van der Waals surface area contributed by atoms with Gasteiger partial charge in [0, 0.05) is 5.92 Å². The van der Waals surface area contributed by atoms with Crippen molar-refractivity contribution in [3.63, 3.8) is 0 Å². The molecule has 0 radical (unpaired) electrons. The van der Waals surface area contributed by atoms with Crippen LogP contribution in [0.25, 0.3) is 0 Å². The number of likely N-dealkylation sites (N-methyl/N-ethyl adjacent to an activating group) is 1. The average Bonchev–Trinajstić information content (AvgIpc) is 2.30. The number of nitrogens with zero attached hydrogens (tertiary/aromatic N) is 1. The molecular formula is C17H36N2O4. The molecule has 6 heteroatoms. The van der Waals surface area contributed by atoms with Gasteiger partial charge in [0.2, 0.25) is 0 Å². The zero-order valence-electron chi connectivity index (χ0n) is 16.4. The SMILES string of the molecule is CNC(CC(CC(=O)OC(C)(C)C)C[N+](C)(C)C)C(=O)OC.[CH3-]. The normalized spacial score (nSPS) is 14.4. The average molecular weight is 332 g/mol. The van der Waals surface area contributed by atoms with Crippen molar-refractivity contribution in [2.24, 2.45) is 5.92 Å². The molecule has 0 bridgehead atoms. The Morgan fingerprint density at radius 3 is 2.04 bits per heavy atom.